The van der Waals surface area contributed by atoms with Gasteiger partial charge >= 0.3 is 0 Å². The number of nitrogens with one attached hydrogen (secondary N) is 1. The van der Waals surface area contributed by atoms with E-state index < -0.39 is 49.8 Å². The van der Waals surface area contributed by atoms with E-state index in [1.54, 1.807) is 19.1 Å². The highest BCUT2D eigenvalue weighted by molar-refractivity contribution is 7.92. The normalized spacial score (nSPS) is 20.4. The molecule has 0 bridgehead atoms. The van der Waals surface area contributed by atoms with Crippen molar-refractivity contribution in [2.45, 2.75) is 68.1 Å². The molecule has 12 nitrogen and oxygen atoms in total. The number of ether oxygens (including phenoxy) is 3. The van der Waals surface area contributed by atoms with Crippen LogP contribution in [0.1, 0.15) is 50.4 Å². The standard InChI is InChI=1S/C35H46FN3O9S2/c1-24-21-39(25(2)23-40)35(41)32-20-28(37-49(42,43)30-14-9-27(36)10-15-30)11-18-33(32)48-26(3)8-6-7-19-47-34(24)22-38(4)50(44,45)31-16-12-29(46-5)13-17-31/h9-18,20,24-26,34,37,40H,6-8,19,21-23H2,1-5H3/t24-,25-,26+,34+/m0/s1. The maximum Gasteiger partial charge on any atom is 0.261 e. The van der Waals surface area contributed by atoms with Gasteiger partial charge in [-0.05, 0) is 99.8 Å². The number of anilines is 1. The van der Waals surface area contributed by atoms with Crippen LogP contribution in [0.3, 0.4) is 0 Å². The maximum atomic E-state index is 14.4. The second-order valence-electron chi connectivity index (χ2n) is 12.5. The van der Waals surface area contributed by atoms with Crippen LogP contribution < -0.4 is 14.2 Å². The van der Waals surface area contributed by atoms with Gasteiger partial charge in [-0.3, -0.25) is 9.52 Å². The monoisotopic (exact) mass is 735 g/mol. The van der Waals surface area contributed by atoms with Crippen molar-refractivity contribution in [3.05, 3.63) is 78.1 Å². The number of carbonyl (C=O) groups is 1. The maximum absolute atomic E-state index is 14.4. The van der Waals surface area contributed by atoms with Crippen molar-refractivity contribution >= 4 is 31.6 Å². The number of carbonyl (C=O) groups excluding carboxylic acids is 1. The van der Waals surface area contributed by atoms with E-state index in [1.165, 1.54) is 53.7 Å². The van der Waals surface area contributed by atoms with Crippen molar-refractivity contribution in [1.29, 1.82) is 0 Å². The fourth-order valence-electron chi connectivity index (χ4n) is 5.56. The summed E-state index contributed by atoms with van der Waals surface area (Å²) in [6, 6.07) is 14.1. The van der Waals surface area contributed by atoms with Gasteiger partial charge in [-0.2, -0.15) is 4.31 Å². The van der Waals surface area contributed by atoms with Crippen LogP contribution in [0.4, 0.5) is 10.1 Å². The van der Waals surface area contributed by atoms with Gasteiger partial charge in [0.15, 0.2) is 0 Å². The molecular formula is C35H46FN3O9S2. The summed E-state index contributed by atoms with van der Waals surface area (Å²) in [6.07, 6.45) is 1.09. The van der Waals surface area contributed by atoms with Gasteiger partial charge in [-0.25, -0.2) is 21.2 Å². The van der Waals surface area contributed by atoms with Crippen LogP contribution in [0, 0.1) is 11.7 Å². The number of benzene rings is 3. The lowest BCUT2D eigenvalue weighted by molar-refractivity contribution is -0.00834. The summed E-state index contributed by atoms with van der Waals surface area (Å²) in [4.78, 5) is 15.8. The molecule has 3 aromatic carbocycles. The fourth-order valence-corrected chi connectivity index (χ4v) is 7.79. The van der Waals surface area contributed by atoms with Gasteiger partial charge < -0.3 is 24.2 Å². The smallest absolute Gasteiger partial charge is 0.261 e. The molecule has 0 spiro atoms. The Morgan fingerprint density at radius 2 is 1.68 bits per heavy atom. The molecule has 0 fully saturated rings. The van der Waals surface area contributed by atoms with Crippen molar-refractivity contribution < 1.29 is 45.3 Å². The Morgan fingerprint density at radius 3 is 2.32 bits per heavy atom. The SMILES string of the molecule is COc1ccc(S(=O)(=O)N(C)C[C@H]2OCCCC[C@@H](C)Oc3ccc(NS(=O)(=O)c4ccc(F)cc4)cc3C(=O)N([C@@H](C)CO)C[C@@H]2C)cc1. The number of methoxy groups -OCH3 is 1. The zero-order valence-corrected chi connectivity index (χ0v) is 30.5. The van der Waals surface area contributed by atoms with Gasteiger partial charge in [0, 0.05) is 38.3 Å². The number of hydrogen-bond donors (Lipinski definition) is 2. The minimum atomic E-state index is -4.13. The van der Waals surface area contributed by atoms with Crippen LogP contribution in [0.15, 0.2) is 76.5 Å². The van der Waals surface area contributed by atoms with Crippen LogP contribution in [0.25, 0.3) is 0 Å². The number of fused-ring (bicyclic) bond motifs is 1. The number of nitrogens with zero attached hydrogens (tertiary/aromatic N) is 2. The third-order valence-corrected chi connectivity index (χ3v) is 11.9. The number of hydrogen-bond acceptors (Lipinski definition) is 9. The molecule has 1 heterocycles. The van der Waals surface area contributed by atoms with Crippen LogP contribution in [-0.4, -0.2) is 95.8 Å². The number of sulfonamides is 2. The predicted octanol–water partition coefficient (Wildman–Crippen LogP) is 4.75. The van der Waals surface area contributed by atoms with Crippen molar-refractivity contribution in [2.75, 3.05) is 45.2 Å². The molecule has 1 aliphatic heterocycles. The first-order chi connectivity index (χ1) is 23.7. The Morgan fingerprint density at radius 1 is 1.02 bits per heavy atom. The van der Waals surface area contributed by atoms with Crippen LogP contribution in [0.2, 0.25) is 0 Å². The Kier molecular flexibility index (Phi) is 13.2. The zero-order chi connectivity index (χ0) is 36.6. The first-order valence-electron chi connectivity index (χ1n) is 16.4. The van der Waals surface area contributed by atoms with E-state index in [-0.39, 0.29) is 52.6 Å². The van der Waals surface area contributed by atoms with Crippen molar-refractivity contribution in [3.63, 3.8) is 0 Å². The molecule has 0 saturated carbocycles. The third-order valence-electron chi connectivity index (χ3n) is 8.63. The molecule has 0 aliphatic carbocycles. The Bertz CT molecular complexity index is 1810. The van der Waals surface area contributed by atoms with Gasteiger partial charge in [0.1, 0.15) is 17.3 Å². The lowest BCUT2D eigenvalue weighted by Gasteiger charge is -2.35. The number of rotatable bonds is 10. The quantitative estimate of drug-likeness (QED) is 0.301. The van der Waals surface area contributed by atoms with Crippen molar-refractivity contribution in [1.82, 2.24) is 9.21 Å². The lowest BCUT2D eigenvalue weighted by atomic mass is 10.0. The molecule has 3 aromatic rings. The van der Waals surface area contributed by atoms with E-state index in [9.17, 15) is 31.1 Å². The molecule has 1 aliphatic rings. The molecular weight excluding hydrogens is 690 g/mol. The fraction of sp³-hybridized carbons (Fsp3) is 0.457. The highest BCUT2D eigenvalue weighted by Gasteiger charge is 2.32. The van der Waals surface area contributed by atoms with Gasteiger partial charge in [0.2, 0.25) is 10.0 Å². The highest BCUT2D eigenvalue weighted by atomic mass is 32.2. The topological polar surface area (TPSA) is 152 Å². The first-order valence-corrected chi connectivity index (χ1v) is 19.3. The molecule has 4 atom stereocenters. The van der Waals surface area contributed by atoms with E-state index >= 15 is 0 Å². The summed E-state index contributed by atoms with van der Waals surface area (Å²) in [7, 11) is -5.05. The van der Waals surface area contributed by atoms with E-state index in [0.29, 0.717) is 25.2 Å². The Balaban J connectivity index is 1.66. The van der Waals surface area contributed by atoms with Gasteiger partial charge in [-0.15, -0.1) is 0 Å². The van der Waals surface area contributed by atoms with Crippen molar-refractivity contribution in [2.24, 2.45) is 5.92 Å². The minimum Gasteiger partial charge on any atom is -0.497 e. The molecule has 15 heteroatoms. The summed E-state index contributed by atoms with van der Waals surface area (Å²) in [5.74, 6) is -0.759. The average molecular weight is 736 g/mol. The second-order valence-corrected chi connectivity index (χ2v) is 16.3. The van der Waals surface area contributed by atoms with Crippen LogP contribution in [-0.2, 0) is 24.8 Å². The van der Waals surface area contributed by atoms with E-state index in [0.717, 1.165) is 30.7 Å². The second kappa shape index (κ2) is 17.0. The molecule has 4 rings (SSSR count). The molecule has 50 heavy (non-hydrogen) atoms. The number of amides is 1. The zero-order valence-electron chi connectivity index (χ0n) is 28.9. The molecule has 2 N–H and O–H groups in total. The number of halogens is 1. The van der Waals surface area contributed by atoms with Crippen molar-refractivity contribution in [3.8, 4) is 11.5 Å². The Hall–Kier alpha value is -3.76. The lowest BCUT2D eigenvalue weighted by Crippen LogP contribution is -2.48. The molecule has 0 unspecified atom stereocenters. The first kappa shape index (κ1) is 39.0. The van der Waals surface area contributed by atoms with E-state index in [2.05, 4.69) is 4.72 Å². The van der Waals surface area contributed by atoms with E-state index in [1.807, 2.05) is 13.8 Å². The predicted molar refractivity (Wildman–Crippen MR) is 187 cm³/mol. The molecule has 0 radical (unpaired) electrons. The third kappa shape index (κ3) is 9.72. The minimum absolute atomic E-state index is 0.00349. The number of likely N-dealkylation sites (N-methyl/N-ethyl adjacent to an activating group) is 1. The largest absolute Gasteiger partial charge is 0.497 e. The molecule has 274 valence electrons. The summed E-state index contributed by atoms with van der Waals surface area (Å²) in [5.41, 5.74) is 0.146. The molecule has 1 amide bonds. The van der Waals surface area contributed by atoms with Crippen LogP contribution >= 0.6 is 0 Å². The van der Waals surface area contributed by atoms with Gasteiger partial charge in [-0.1, -0.05) is 6.92 Å². The van der Waals surface area contributed by atoms with Gasteiger partial charge in [0.05, 0.1) is 47.3 Å². The average Bonchev–Trinajstić information content (AvgIpc) is 3.09. The Labute approximate surface area is 294 Å². The summed E-state index contributed by atoms with van der Waals surface area (Å²) < 4.78 is 88.0. The molecule has 0 aromatic heterocycles. The van der Waals surface area contributed by atoms with E-state index in [4.69, 9.17) is 14.2 Å². The molecule has 0 saturated heterocycles. The summed E-state index contributed by atoms with van der Waals surface area (Å²) in [5, 5.41) is 10.2. The number of aliphatic hydroxyl groups excluding tert-OH is 1. The van der Waals surface area contributed by atoms with Gasteiger partial charge in [0.25, 0.3) is 15.9 Å². The summed E-state index contributed by atoms with van der Waals surface area (Å²) >= 11 is 0. The highest BCUT2D eigenvalue weighted by Crippen LogP contribution is 2.30. The van der Waals surface area contributed by atoms with Crippen LogP contribution in [0.5, 0.6) is 11.5 Å². The summed E-state index contributed by atoms with van der Waals surface area (Å²) in [6.45, 7) is 5.44. The number of aliphatic hydroxyl groups is 1.